The van der Waals surface area contributed by atoms with E-state index in [9.17, 15) is 10.1 Å². The number of nitrogens with one attached hydrogen (secondary N) is 1. The van der Waals surface area contributed by atoms with Crippen LogP contribution in [0.3, 0.4) is 0 Å². The van der Waals surface area contributed by atoms with Crippen molar-refractivity contribution in [3.8, 4) is 6.07 Å². The van der Waals surface area contributed by atoms with Gasteiger partial charge >= 0.3 is 0 Å². The van der Waals surface area contributed by atoms with Crippen molar-refractivity contribution in [1.29, 1.82) is 5.26 Å². The minimum Gasteiger partial charge on any atom is -0.340 e. The number of allylic oxidation sites excluding steroid dienone is 1. The normalized spacial score (nSPS) is 12.5. The first-order valence-electron chi connectivity index (χ1n) is 6.65. The number of aromatic amines is 1. The summed E-state index contributed by atoms with van der Waals surface area (Å²) in [6.45, 7) is 1.90. The second-order valence-corrected chi connectivity index (χ2v) is 5.79. The maximum Gasteiger partial charge on any atom is 0.180 e. The number of nitriles is 1. The number of aryl methyl sites for hydroxylation is 1. The van der Waals surface area contributed by atoms with Crippen LogP contribution < -0.4 is 0 Å². The van der Waals surface area contributed by atoms with Gasteiger partial charge in [-0.2, -0.15) is 5.26 Å². The zero-order valence-corrected chi connectivity index (χ0v) is 12.6. The van der Waals surface area contributed by atoms with Crippen LogP contribution in [0.2, 0.25) is 0 Å². The average Bonchev–Trinajstić information content (AvgIpc) is 3.11. The lowest BCUT2D eigenvalue weighted by Gasteiger charge is -2.00. The summed E-state index contributed by atoms with van der Waals surface area (Å²) in [5, 5.41) is 12.1. The molecule has 0 spiro atoms. The summed E-state index contributed by atoms with van der Waals surface area (Å²) in [4.78, 5) is 23.8. The van der Waals surface area contributed by atoms with E-state index in [2.05, 4.69) is 15.0 Å². The van der Waals surface area contributed by atoms with Crippen LogP contribution >= 0.6 is 11.3 Å². The zero-order chi connectivity index (χ0) is 15.5. The first kappa shape index (κ1) is 14.2. The van der Waals surface area contributed by atoms with Gasteiger partial charge in [0, 0.05) is 5.38 Å². The predicted molar refractivity (Wildman–Crippen MR) is 85.3 cm³/mol. The van der Waals surface area contributed by atoms with Crippen LogP contribution in [0.15, 0.2) is 35.7 Å². The topological polar surface area (TPSA) is 82.4 Å². The second-order valence-electron chi connectivity index (χ2n) is 4.73. The molecule has 1 aromatic carbocycles. The molecule has 0 radical (unpaired) electrons. The summed E-state index contributed by atoms with van der Waals surface area (Å²) in [5.74, 6) is -0.886. The third kappa shape index (κ3) is 2.80. The molecule has 2 heterocycles. The van der Waals surface area contributed by atoms with Crippen molar-refractivity contribution in [2.45, 2.75) is 12.8 Å². The summed E-state index contributed by atoms with van der Waals surface area (Å²) in [7, 11) is 0. The third-order valence-corrected chi connectivity index (χ3v) is 3.94. The van der Waals surface area contributed by atoms with Gasteiger partial charge in [-0.25, -0.2) is 9.97 Å². The molecular formula is C16H12N4OS. The number of benzene rings is 1. The Morgan fingerprint density at radius 1 is 1.41 bits per heavy atom. The molecule has 3 aromatic rings. The van der Waals surface area contributed by atoms with E-state index in [1.165, 1.54) is 17.4 Å². The highest BCUT2D eigenvalue weighted by Gasteiger charge is 2.21. The Bertz CT molecular complexity index is 867. The summed E-state index contributed by atoms with van der Waals surface area (Å²) in [5.41, 5.74) is 2.27. The molecule has 0 aliphatic heterocycles. The van der Waals surface area contributed by atoms with Crippen LogP contribution in [0.1, 0.15) is 22.4 Å². The molecule has 108 valence electrons. The molecule has 5 nitrogen and oxygen atoms in total. The van der Waals surface area contributed by atoms with Crippen molar-refractivity contribution < 1.29 is 4.79 Å². The lowest BCUT2D eigenvalue weighted by Crippen LogP contribution is -2.09. The fourth-order valence-electron chi connectivity index (χ4n) is 2.09. The number of H-pyrrole nitrogens is 1. The number of carbonyl (C=O) groups excluding carboxylic acids is 1. The standard InChI is InChI=1S/C16H12N4OS/c1-10-18-11(9-22-10)6-7-15(21)12(8-17)16-19-13-4-2-3-5-14(13)20-16/h2-7,9,12H,1H3,(H,19,20). The van der Waals surface area contributed by atoms with E-state index in [4.69, 9.17) is 0 Å². The monoisotopic (exact) mass is 308 g/mol. The molecule has 0 amide bonds. The second kappa shape index (κ2) is 5.92. The van der Waals surface area contributed by atoms with Crippen molar-refractivity contribution in [3.05, 3.63) is 52.2 Å². The van der Waals surface area contributed by atoms with Crippen molar-refractivity contribution in [3.63, 3.8) is 0 Å². The number of imidazole rings is 1. The quantitative estimate of drug-likeness (QED) is 0.750. The third-order valence-electron chi connectivity index (χ3n) is 3.15. The van der Waals surface area contributed by atoms with Crippen LogP contribution in [-0.4, -0.2) is 20.7 Å². The number of carbonyl (C=O) groups is 1. The fraction of sp³-hybridized carbons (Fsp3) is 0.125. The van der Waals surface area contributed by atoms with Crippen LogP contribution in [-0.2, 0) is 4.79 Å². The molecule has 6 heteroatoms. The van der Waals surface area contributed by atoms with Crippen LogP contribution in [0.25, 0.3) is 17.1 Å². The summed E-state index contributed by atoms with van der Waals surface area (Å²) in [6.07, 6.45) is 3.01. The molecule has 2 aromatic heterocycles. The lowest BCUT2D eigenvalue weighted by molar-refractivity contribution is -0.114. The molecule has 0 fully saturated rings. The van der Waals surface area contributed by atoms with E-state index in [1.807, 2.05) is 42.6 Å². The lowest BCUT2D eigenvalue weighted by atomic mass is 10.0. The van der Waals surface area contributed by atoms with Crippen molar-refractivity contribution in [1.82, 2.24) is 15.0 Å². The number of para-hydroxylation sites is 2. The van der Waals surface area contributed by atoms with Gasteiger partial charge in [0.15, 0.2) is 11.7 Å². The average molecular weight is 308 g/mol. The Morgan fingerprint density at radius 2 is 2.23 bits per heavy atom. The van der Waals surface area contributed by atoms with E-state index >= 15 is 0 Å². The highest BCUT2D eigenvalue weighted by atomic mass is 32.1. The first-order chi connectivity index (χ1) is 10.7. The number of ketones is 1. The molecule has 22 heavy (non-hydrogen) atoms. The van der Waals surface area contributed by atoms with Crippen LogP contribution in [0.5, 0.6) is 0 Å². The Hall–Kier alpha value is -2.78. The van der Waals surface area contributed by atoms with E-state index < -0.39 is 5.92 Å². The Balaban J connectivity index is 1.85. The molecule has 3 rings (SSSR count). The maximum atomic E-state index is 12.2. The van der Waals surface area contributed by atoms with Crippen molar-refractivity contribution in [2.75, 3.05) is 0 Å². The molecule has 1 atom stereocenters. The Kier molecular flexibility index (Phi) is 3.81. The number of hydrogen-bond donors (Lipinski definition) is 1. The van der Waals surface area contributed by atoms with Gasteiger partial charge < -0.3 is 4.98 Å². The first-order valence-corrected chi connectivity index (χ1v) is 7.53. The molecule has 0 aliphatic carbocycles. The number of rotatable bonds is 4. The minimum atomic E-state index is -0.941. The molecular weight excluding hydrogens is 296 g/mol. The van der Waals surface area contributed by atoms with Gasteiger partial charge in [0.05, 0.1) is 27.8 Å². The van der Waals surface area contributed by atoms with E-state index in [0.29, 0.717) is 5.82 Å². The highest BCUT2D eigenvalue weighted by Crippen LogP contribution is 2.19. The SMILES string of the molecule is Cc1nc(C=CC(=O)C(C#N)c2nc3ccccc3[nH]2)cs1. The predicted octanol–water partition coefficient (Wildman–Crippen LogP) is 3.22. The largest absolute Gasteiger partial charge is 0.340 e. The van der Waals surface area contributed by atoms with E-state index in [1.54, 1.807) is 6.08 Å². The van der Waals surface area contributed by atoms with Crippen molar-refractivity contribution in [2.24, 2.45) is 0 Å². The molecule has 1 N–H and O–H groups in total. The van der Waals surface area contributed by atoms with Gasteiger partial charge in [0.25, 0.3) is 0 Å². The zero-order valence-electron chi connectivity index (χ0n) is 11.8. The number of fused-ring (bicyclic) bond motifs is 1. The smallest absolute Gasteiger partial charge is 0.180 e. The minimum absolute atomic E-state index is 0.313. The Labute approximate surface area is 131 Å². The van der Waals surface area contributed by atoms with Gasteiger partial charge in [-0.05, 0) is 31.2 Å². The van der Waals surface area contributed by atoms with E-state index in [0.717, 1.165) is 21.7 Å². The molecule has 0 bridgehead atoms. The van der Waals surface area contributed by atoms with Gasteiger partial charge in [-0.3, -0.25) is 4.79 Å². The molecule has 0 saturated carbocycles. The highest BCUT2D eigenvalue weighted by molar-refractivity contribution is 7.09. The van der Waals surface area contributed by atoms with Gasteiger partial charge in [0.1, 0.15) is 5.82 Å². The van der Waals surface area contributed by atoms with Crippen molar-refractivity contribution >= 4 is 34.2 Å². The number of nitrogens with zero attached hydrogens (tertiary/aromatic N) is 3. The van der Waals surface area contributed by atoms with Gasteiger partial charge in [-0.1, -0.05) is 12.1 Å². The molecule has 1 unspecified atom stereocenters. The van der Waals surface area contributed by atoms with Gasteiger partial charge in [0.2, 0.25) is 0 Å². The van der Waals surface area contributed by atoms with Crippen LogP contribution in [0.4, 0.5) is 0 Å². The number of thiazole rings is 1. The summed E-state index contributed by atoms with van der Waals surface area (Å²) in [6, 6.07) is 9.44. The molecule has 0 saturated heterocycles. The molecule has 0 aliphatic rings. The van der Waals surface area contributed by atoms with Crippen LogP contribution in [0, 0.1) is 18.3 Å². The maximum absolute atomic E-state index is 12.2. The fourth-order valence-corrected chi connectivity index (χ4v) is 2.67. The summed E-state index contributed by atoms with van der Waals surface area (Å²) < 4.78 is 0. The van der Waals surface area contributed by atoms with E-state index in [-0.39, 0.29) is 5.78 Å². The number of aromatic nitrogens is 3. The van der Waals surface area contributed by atoms with Gasteiger partial charge in [-0.15, -0.1) is 11.3 Å². The summed E-state index contributed by atoms with van der Waals surface area (Å²) >= 11 is 1.51. The Morgan fingerprint density at radius 3 is 2.91 bits per heavy atom. The number of hydrogen-bond acceptors (Lipinski definition) is 5.